The van der Waals surface area contributed by atoms with Crippen LogP contribution in [0, 0.1) is 0 Å². The second-order valence-corrected chi connectivity index (χ2v) is 5.94. The van der Waals surface area contributed by atoms with Gasteiger partial charge in [-0.15, -0.1) is 0 Å². The Labute approximate surface area is 157 Å². The Kier molecular flexibility index (Phi) is 5.99. The molecule has 3 aromatic rings. The Morgan fingerprint density at radius 1 is 1.00 bits per heavy atom. The van der Waals surface area contributed by atoms with Crippen molar-refractivity contribution in [2.45, 2.75) is 13.5 Å². The molecule has 6 nitrogen and oxygen atoms in total. The zero-order valence-electron chi connectivity index (χ0n) is 15.0. The van der Waals surface area contributed by atoms with Gasteiger partial charge in [0.2, 0.25) is 0 Å². The minimum atomic E-state index is -0.413. The van der Waals surface area contributed by atoms with Gasteiger partial charge in [-0.3, -0.25) is 9.48 Å². The van der Waals surface area contributed by atoms with E-state index in [9.17, 15) is 9.59 Å². The van der Waals surface area contributed by atoms with Crippen LogP contribution in [0.4, 0.5) is 0 Å². The van der Waals surface area contributed by atoms with Gasteiger partial charge in [-0.05, 0) is 42.8 Å². The number of nitrogens with zero attached hydrogens (tertiary/aromatic N) is 2. The van der Waals surface area contributed by atoms with E-state index in [2.05, 4.69) is 5.10 Å². The van der Waals surface area contributed by atoms with E-state index in [1.807, 2.05) is 29.1 Å². The monoisotopic (exact) mass is 364 g/mol. The molecule has 0 unspecified atom stereocenters. The maximum absolute atomic E-state index is 12.1. The predicted octanol–water partition coefficient (Wildman–Crippen LogP) is 3.37. The van der Waals surface area contributed by atoms with Gasteiger partial charge >= 0.3 is 5.97 Å². The van der Waals surface area contributed by atoms with E-state index >= 15 is 0 Å². The normalized spacial score (nSPS) is 10.4. The molecule has 0 aliphatic heterocycles. The third-order valence-corrected chi connectivity index (χ3v) is 3.93. The minimum Gasteiger partial charge on any atom is -0.489 e. The molecule has 138 valence electrons. The average Bonchev–Trinajstić information content (AvgIpc) is 3.19. The van der Waals surface area contributed by atoms with E-state index in [-0.39, 0.29) is 19.0 Å². The zero-order valence-corrected chi connectivity index (χ0v) is 15.0. The van der Waals surface area contributed by atoms with E-state index in [1.165, 1.54) is 6.92 Å². The van der Waals surface area contributed by atoms with Crippen molar-refractivity contribution in [2.75, 3.05) is 13.2 Å². The number of hydrogen-bond acceptors (Lipinski definition) is 5. The Morgan fingerprint density at radius 3 is 2.48 bits per heavy atom. The van der Waals surface area contributed by atoms with Crippen molar-refractivity contribution in [1.82, 2.24) is 9.78 Å². The molecule has 0 atom stereocenters. The van der Waals surface area contributed by atoms with Gasteiger partial charge in [0.25, 0.3) is 0 Å². The van der Waals surface area contributed by atoms with Gasteiger partial charge in [-0.2, -0.15) is 5.10 Å². The highest BCUT2D eigenvalue weighted by Gasteiger charge is 2.09. The van der Waals surface area contributed by atoms with Gasteiger partial charge in [0.05, 0.1) is 17.7 Å². The highest BCUT2D eigenvalue weighted by Crippen LogP contribution is 2.18. The van der Waals surface area contributed by atoms with Gasteiger partial charge in [0.1, 0.15) is 19.0 Å². The van der Waals surface area contributed by atoms with E-state index in [4.69, 9.17) is 9.47 Å². The van der Waals surface area contributed by atoms with Crippen LogP contribution >= 0.6 is 0 Å². The van der Waals surface area contributed by atoms with E-state index in [0.29, 0.717) is 23.4 Å². The molecule has 0 saturated heterocycles. The Bertz CT molecular complexity index is 902. The summed E-state index contributed by atoms with van der Waals surface area (Å²) in [6.45, 7) is 2.40. The molecule has 0 fully saturated rings. The summed E-state index contributed by atoms with van der Waals surface area (Å²) in [4.78, 5) is 23.7. The standard InChI is InChI=1S/C21H20N2O4/c1-16(24)19-5-2-3-6-20(19)26-13-14-27-21(25)18-9-7-17(8-10-18)15-23-12-4-11-22-23/h2-12H,13-15H2,1H3. The molecule has 1 heterocycles. The average molecular weight is 364 g/mol. The van der Waals surface area contributed by atoms with E-state index in [0.717, 1.165) is 5.56 Å². The van der Waals surface area contributed by atoms with Crippen molar-refractivity contribution >= 4 is 11.8 Å². The molecule has 3 rings (SSSR count). The summed E-state index contributed by atoms with van der Waals surface area (Å²) in [6, 6.07) is 16.1. The lowest BCUT2D eigenvalue weighted by atomic mass is 10.1. The lowest BCUT2D eigenvalue weighted by Crippen LogP contribution is -2.13. The molecule has 2 aromatic carbocycles. The maximum Gasteiger partial charge on any atom is 0.338 e. The number of ketones is 1. The maximum atomic E-state index is 12.1. The van der Waals surface area contributed by atoms with Crippen molar-refractivity contribution in [1.29, 1.82) is 0 Å². The fourth-order valence-corrected chi connectivity index (χ4v) is 2.58. The molecule has 0 aliphatic rings. The summed E-state index contributed by atoms with van der Waals surface area (Å²) in [5, 5.41) is 4.15. The van der Waals surface area contributed by atoms with Crippen molar-refractivity contribution in [3.05, 3.63) is 83.7 Å². The number of benzene rings is 2. The summed E-state index contributed by atoms with van der Waals surface area (Å²) >= 11 is 0. The number of carbonyl (C=O) groups excluding carboxylic acids is 2. The SMILES string of the molecule is CC(=O)c1ccccc1OCCOC(=O)c1ccc(Cn2cccn2)cc1. The second-order valence-electron chi connectivity index (χ2n) is 5.94. The van der Waals surface area contributed by atoms with Crippen LogP contribution in [-0.4, -0.2) is 34.7 Å². The van der Waals surface area contributed by atoms with Crippen LogP contribution in [0.25, 0.3) is 0 Å². The first-order chi connectivity index (χ1) is 13.1. The van der Waals surface area contributed by atoms with Gasteiger partial charge in [-0.25, -0.2) is 4.79 Å². The third-order valence-electron chi connectivity index (χ3n) is 3.93. The first kappa shape index (κ1) is 18.4. The molecule has 0 spiro atoms. The largest absolute Gasteiger partial charge is 0.489 e. The van der Waals surface area contributed by atoms with E-state index in [1.54, 1.807) is 42.6 Å². The number of Topliss-reactive ketones (excluding diaryl/α,β-unsaturated/α-hetero) is 1. The summed E-state index contributed by atoms with van der Waals surface area (Å²) in [5.41, 5.74) is 2.03. The minimum absolute atomic E-state index is 0.0715. The lowest BCUT2D eigenvalue weighted by Gasteiger charge is -2.10. The summed E-state index contributed by atoms with van der Waals surface area (Å²) in [5.74, 6) is 0.00547. The highest BCUT2D eigenvalue weighted by atomic mass is 16.6. The highest BCUT2D eigenvalue weighted by molar-refractivity contribution is 5.96. The third kappa shape index (κ3) is 5.04. The number of hydrogen-bond donors (Lipinski definition) is 0. The molecular formula is C21H20N2O4. The molecule has 1 aromatic heterocycles. The fourth-order valence-electron chi connectivity index (χ4n) is 2.58. The van der Waals surface area contributed by atoms with Crippen LogP contribution < -0.4 is 4.74 Å². The van der Waals surface area contributed by atoms with Crippen molar-refractivity contribution in [3.8, 4) is 5.75 Å². The van der Waals surface area contributed by atoms with Crippen LogP contribution in [0.1, 0.15) is 33.2 Å². The zero-order chi connectivity index (χ0) is 19.1. The quantitative estimate of drug-likeness (QED) is 0.348. The van der Waals surface area contributed by atoms with Crippen LogP contribution in [0.15, 0.2) is 67.0 Å². The number of aromatic nitrogens is 2. The van der Waals surface area contributed by atoms with Gasteiger partial charge in [-0.1, -0.05) is 24.3 Å². The summed E-state index contributed by atoms with van der Waals surface area (Å²) in [7, 11) is 0. The van der Waals surface area contributed by atoms with Gasteiger partial charge < -0.3 is 9.47 Å². The van der Waals surface area contributed by atoms with Crippen LogP contribution in [0.3, 0.4) is 0 Å². The molecule has 0 amide bonds. The first-order valence-corrected chi connectivity index (χ1v) is 8.60. The molecule has 27 heavy (non-hydrogen) atoms. The number of carbonyl (C=O) groups is 2. The van der Waals surface area contributed by atoms with Crippen molar-refractivity contribution < 1.29 is 19.1 Å². The predicted molar refractivity (Wildman–Crippen MR) is 100.0 cm³/mol. The number of para-hydroxylation sites is 1. The van der Waals surface area contributed by atoms with Crippen molar-refractivity contribution in [3.63, 3.8) is 0 Å². The molecule has 0 aliphatic carbocycles. The molecule has 6 heteroatoms. The number of esters is 1. The topological polar surface area (TPSA) is 70.4 Å². The molecule has 0 radical (unpaired) electrons. The second kappa shape index (κ2) is 8.80. The molecular weight excluding hydrogens is 344 g/mol. The number of ether oxygens (including phenoxy) is 2. The van der Waals surface area contributed by atoms with Gasteiger partial charge in [0, 0.05) is 12.4 Å². The smallest absolute Gasteiger partial charge is 0.338 e. The van der Waals surface area contributed by atoms with E-state index < -0.39 is 5.97 Å². The first-order valence-electron chi connectivity index (χ1n) is 8.60. The van der Waals surface area contributed by atoms with Crippen LogP contribution in [0.5, 0.6) is 5.75 Å². The molecule has 0 saturated carbocycles. The number of rotatable bonds is 8. The molecule has 0 bridgehead atoms. The van der Waals surface area contributed by atoms with Crippen LogP contribution in [0.2, 0.25) is 0 Å². The van der Waals surface area contributed by atoms with Crippen LogP contribution in [-0.2, 0) is 11.3 Å². The van der Waals surface area contributed by atoms with Crippen molar-refractivity contribution in [2.24, 2.45) is 0 Å². The summed E-state index contributed by atoms with van der Waals surface area (Å²) < 4.78 is 12.6. The molecule has 0 N–H and O–H groups in total. The Balaban J connectivity index is 1.47. The summed E-state index contributed by atoms with van der Waals surface area (Å²) in [6.07, 6.45) is 3.61. The Morgan fingerprint density at radius 2 is 1.78 bits per heavy atom. The lowest BCUT2D eigenvalue weighted by molar-refractivity contribution is 0.0449. The fraction of sp³-hybridized carbons (Fsp3) is 0.190. The van der Waals surface area contributed by atoms with Gasteiger partial charge in [0.15, 0.2) is 5.78 Å². The Hall–Kier alpha value is -3.41.